The second-order valence-electron chi connectivity index (χ2n) is 4.40. The maximum absolute atomic E-state index is 9.81. The molecule has 1 fully saturated rings. The highest BCUT2D eigenvalue weighted by Gasteiger charge is 2.39. The normalized spacial score (nSPS) is 16.9. The molecule has 0 saturated heterocycles. The number of methoxy groups -OCH3 is 2. The van der Waals surface area contributed by atoms with Crippen molar-refractivity contribution in [2.24, 2.45) is 0 Å². The Morgan fingerprint density at radius 1 is 1.25 bits per heavy atom. The highest BCUT2D eigenvalue weighted by molar-refractivity contribution is 5.40. The van der Waals surface area contributed by atoms with Gasteiger partial charge in [0.1, 0.15) is 11.5 Å². The summed E-state index contributed by atoms with van der Waals surface area (Å²) in [6.45, 7) is 0. The molecule has 88 valence electrons. The number of aliphatic hydroxyl groups is 1. The zero-order valence-corrected chi connectivity index (χ0v) is 9.82. The van der Waals surface area contributed by atoms with Crippen molar-refractivity contribution in [1.29, 1.82) is 0 Å². The largest absolute Gasteiger partial charge is 0.497 e. The van der Waals surface area contributed by atoms with Gasteiger partial charge in [-0.3, -0.25) is 0 Å². The molecule has 1 saturated carbocycles. The number of aryl methyl sites for hydroxylation is 1. The Hall–Kier alpha value is -1.22. The van der Waals surface area contributed by atoms with Crippen molar-refractivity contribution in [3.63, 3.8) is 0 Å². The van der Waals surface area contributed by atoms with Gasteiger partial charge in [-0.05, 0) is 49.4 Å². The molecule has 2 rings (SSSR count). The predicted octanol–water partition coefficient (Wildman–Crippen LogP) is 2.16. The van der Waals surface area contributed by atoms with Gasteiger partial charge in [0.2, 0.25) is 0 Å². The molecule has 0 amide bonds. The van der Waals surface area contributed by atoms with E-state index in [9.17, 15) is 5.11 Å². The molecule has 0 aromatic heterocycles. The Balaban J connectivity index is 2.09. The van der Waals surface area contributed by atoms with E-state index in [4.69, 9.17) is 9.47 Å². The monoisotopic (exact) mass is 222 g/mol. The molecule has 3 nitrogen and oxygen atoms in total. The molecule has 0 spiro atoms. The van der Waals surface area contributed by atoms with E-state index in [0.29, 0.717) is 0 Å². The van der Waals surface area contributed by atoms with Crippen molar-refractivity contribution in [1.82, 2.24) is 0 Å². The first kappa shape index (κ1) is 11.3. The first-order valence-corrected chi connectivity index (χ1v) is 5.60. The molecule has 0 heterocycles. The lowest BCUT2D eigenvalue weighted by molar-refractivity contribution is 0.140. The average molecular weight is 222 g/mol. The summed E-state index contributed by atoms with van der Waals surface area (Å²) >= 11 is 0. The minimum absolute atomic E-state index is 0.409. The maximum atomic E-state index is 9.81. The quantitative estimate of drug-likeness (QED) is 0.829. The molecular formula is C13H18O3. The standard InChI is InChI=1S/C13H18O3/c1-15-11-3-4-12(16-2)10(9-11)5-6-13(14)7-8-13/h3-4,9,14H,5-8H2,1-2H3. The Bertz CT molecular complexity index is 369. The Morgan fingerprint density at radius 3 is 2.56 bits per heavy atom. The van der Waals surface area contributed by atoms with E-state index in [2.05, 4.69) is 0 Å². The van der Waals surface area contributed by atoms with Crippen LogP contribution in [0.4, 0.5) is 0 Å². The highest BCUT2D eigenvalue weighted by atomic mass is 16.5. The third-order valence-corrected chi connectivity index (χ3v) is 3.17. The third kappa shape index (κ3) is 2.47. The Kier molecular flexibility index (Phi) is 3.06. The van der Waals surface area contributed by atoms with Crippen LogP contribution in [0, 0.1) is 0 Å². The van der Waals surface area contributed by atoms with Crippen molar-refractivity contribution in [2.45, 2.75) is 31.3 Å². The second-order valence-corrected chi connectivity index (χ2v) is 4.40. The van der Waals surface area contributed by atoms with E-state index in [1.807, 2.05) is 18.2 Å². The minimum atomic E-state index is -0.409. The van der Waals surface area contributed by atoms with E-state index < -0.39 is 5.60 Å². The molecular weight excluding hydrogens is 204 g/mol. The van der Waals surface area contributed by atoms with Crippen molar-refractivity contribution in [3.05, 3.63) is 23.8 Å². The number of hydrogen-bond donors (Lipinski definition) is 1. The van der Waals surface area contributed by atoms with Crippen LogP contribution < -0.4 is 9.47 Å². The van der Waals surface area contributed by atoms with Crippen molar-refractivity contribution >= 4 is 0 Å². The van der Waals surface area contributed by atoms with Gasteiger partial charge in [-0.15, -0.1) is 0 Å². The van der Waals surface area contributed by atoms with Gasteiger partial charge in [0.25, 0.3) is 0 Å². The molecule has 0 bridgehead atoms. The van der Waals surface area contributed by atoms with E-state index >= 15 is 0 Å². The van der Waals surface area contributed by atoms with Gasteiger partial charge in [0, 0.05) is 0 Å². The minimum Gasteiger partial charge on any atom is -0.497 e. The van der Waals surface area contributed by atoms with E-state index in [0.717, 1.165) is 42.7 Å². The van der Waals surface area contributed by atoms with Crippen molar-refractivity contribution in [3.8, 4) is 11.5 Å². The molecule has 1 aliphatic carbocycles. The van der Waals surface area contributed by atoms with Crippen LogP contribution >= 0.6 is 0 Å². The summed E-state index contributed by atoms with van der Waals surface area (Å²) in [5.74, 6) is 1.70. The molecule has 0 atom stereocenters. The van der Waals surface area contributed by atoms with Crippen LogP contribution in [0.3, 0.4) is 0 Å². The van der Waals surface area contributed by atoms with Gasteiger partial charge in [-0.1, -0.05) is 0 Å². The fourth-order valence-corrected chi connectivity index (χ4v) is 1.84. The molecule has 0 radical (unpaired) electrons. The third-order valence-electron chi connectivity index (χ3n) is 3.17. The molecule has 1 aromatic carbocycles. The number of ether oxygens (including phenoxy) is 2. The summed E-state index contributed by atoms with van der Waals surface area (Å²) in [7, 11) is 3.32. The summed E-state index contributed by atoms with van der Waals surface area (Å²) < 4.78 is 10.5. The summed E-state index contributed by atoms with van der Waals surface area (Å²) in [4.78, 5) is 0. The SMILES string of the molecule is COc1ccc(OC)c(CCC2(O)CC2)c1. The number of rotatable bonds is 5. The van der Waals surface area contributed by atoms with Gasteiger partial charge in [0.05, 0.1) is 19.8 Å². The maximum Gasteiger partial charge on any atom is 0.122 e. The zero-order valence-electron chi connectivity index (χ0n) is 9.82. The van der Waals surface area contributed by atoms with Gasteiger partial charge >= 0.3 is 0 Å². The number of benzene rings is 1. The smallest absolute Gasteiger partial charge is 0.122 e. The summed E-state index contributed by atoms with van der Waals surface area (Å²) in [5.41, 5.74) is 0.691. The first-order chi connectivity index (χ1) is 7.67. The van der Waals surface area contributed by atoms with E-state index in [1.165, 1.54) is 0 Å². The molecule has 0 unspecified atom stereocenters. The lowest BCUT2D eigenvalue weighted by Gasteiger charge is -2.12. The summed E-state index contributed by atoms with van der Waals surface area (Å²) in [6.07, 6.45) is 3.49. The fraction of sp³-hybridized carbons (Fsp3) is 0.538. The molecule has 1 N–H and O–H groups in total. The molecule has 0 aliphatic heterocycles. The number of hydrogen-bond acceptors (Lipinski definition) is 3. The summed E-state index contributed by atoms with van der Waals surface area (Å²) in [5, 5.41) is 9.81. The van der Waals surface area contributed by atoms with E-state index in [1.54, 1.807) is 14.2 Å². The van der Waals surface area contributed by atoms with Gasteiger partial charge < -0.3 is 14.6 Å². The Labute approximate surface area is 96.0 Å². The summed E-state index contributed by atoms with van der Waals surface area (Å²) in [6, 6.07) is 5.77. The zero-order chi connectivity index (χ0) is 11.6. The fourth-order valence-electron chi connectivity index (χ4n) is 1.84. The molecule has 1 aliphatic rings. The van der Waals surface area contributed by atoms with Gasteiger partial charge in [-0.2, -0.15) is 0 Å². The van der Waals surface area contributed by atoms with Crippen LogP contribution in [0.5, 0.6) is 11.5 Å². The van der Waals surface area contributed by atoms with Crippen LogP contribution in [0.2, 0.25) is 0 Å². The van der Waals surface area contributed by atoms with Gasteiger partial charge in [-0.25, -0.2) is 0 Å². The molecule has 3 heteroatoms. The molecule has 16 heavy (non-hydrogen) atoms. The predicted molar refractivity (Wildman–Crippen MR) is 62.1 cm³/mol. The van der Waals surface area contributed by atoms with E-state index in [-0.39, 0.29) is 0 Å². The first-order valence-electron chi connectivity index (χ1n) is 5.60. The molecule has 1 aromatic rings. The second kappa shape index (κ2) is 4.34. The average Bonchev–Trinajstić information content (AvgIpc) is 3.05. The topological polar surface area (TPSA) is 38.7 Å². The lowest BCUT2D eigenvalue weighted by Crippen LogP contribution is -2.08. The highest BCUT2D eigenvalue weighted by Crippen LogP contribution is 2.40. The van der Waals surface area contributed by atoms with Crippen molar-refractivity contribution < 1.29 is 14.6 Å². The van der Waals surface area contributed by atoms with Gasteiger partial charge in [0.15, 0.2) is 0 Å². The van der Waals surface area contributed by atoms with Crippen LogP contribution in [0.15, 0.2) is 18.2 Å². The van der Waals surface area contributed by atoms with Crippen LogP contribution in [0.1, 0.15) is 24.8 Å². The Morgan fingerprint density at radius 2 is 2.00 bits per heavy atom. The van der Waals surface area contributed by atoms with Crippen LogP contribution in [-0.2, 0) is 6.42 Å². The van der Waals surface area contributed by atoms with Crippen molar-refractivity contribution in [2.75, 3.05) is 14.2 Å². The lowest BCUT2D eigenvalue weighted by atomic mass is 10.0. The van der Waals surface area contributed by atoms with Crippen LogP contribution in [-0.4, -0.2) is 24.9 Å². The van der Waals surface area contributed by atoms with Crippen LogP contribution in [0.25, 0.3) is 0 Å².